The third kappa shape index (κ3) is 2.33. The number of rotatable bonds is 2. The zero-order valence-electron chi connectivity index (χ0n) is 11.3. The lowest BCUT2D eigenvalue weighted by Gasteiger charge is -2.16. The van der Waals surface area contributed by atoms with Gasteiger partial charge in [-0.2, -0.15) is 0 Å². The number of fused-ring (bicyclic) bond motifs is 1. The average molecular weight is 287 g/mol. The van der Waals surface area contributed by atoms with Crippen molar-refractivity contribution in [3.05, 3.63) is 53.4 Å². The number of benzene rings is 1. The van der Waals surface area contributed by atoms with Crippen molar-refractivity contribution in [3.8, 4) is 0 Å². The monoisotopic (exact) mass is 287 g/mol. The Kier molecular flexibility index (Phi) is 3.29. The van der Waals surface area contributed by atoms with E-state index in [1.807, 2.05) is 6.07 Å². The zero-order valence-corrected chi connectivity index (χ0v) is 11.3. The number of halogens is 1. The lowest BCUT2D eigenvalue weighted by Crippen LogP contribution is -2.31. The molecular formula is C15H14FN3O2. The smallest absolute Gasteiger partial charge is 0.282 e. The number of carbonyl (C=O) groups is 1. The lowest BCUT2D eigenvalue weighted by atomic mass is 10.2. The maximum atomic E-state index is 12.9. The molecule has 1 aromatic heterocycles. The van der Waals surface area contributed by atoms with Crippen LogP contribution in [0.4, 0.5) is 4.39 Å². The molecule has 0 saturated carbocycles. The third-order valence-corrected chi connectivity index (χ3v) is 3.77. The molecule has 2 aromatic rings. The van der Waals surface area contributed by atoms with Gasteiger partial charge in [0.15, 0.2) is 5.83 Å². The highest BCUT2D eigenvalue weighted by molar-refractivity contribution is 5.90. The van der Waals surface area contributed by atoms with Gasteiger partial charge in [-0.1, -0.05) is 18.7 Å². The Morgan fingerprint density at radius 2 is 2.14 bits per heavy atom. The quantitative estimate of drug-likeness (QED) is 0.789. The maximum absolute atomic E-state index is 12.9. The normalized spacial score (nSPS) is 18.1. The van der Waals surface area contributed by atoms with Crippen LogP contribution in [0.2, 0.25) is 0 Å². The predicted molar refractivity (Wildman–Crippen MR) is 76.5 cm³/mol. The van der Waals surface area contributed by atoms with E-state index in [9.17, 15) is 14.0 Å². The summed E-state index contributed by atoms with van der Waals surface area (Å²) in [5.41, 5.74) is 0.501. The summed E-state index contributed by atoms with van der Waals surface area (Å²) in [6, 6.07) is 6.92. The van der Waals surface area contributed by atoms with Gasteiger partial charge in [-0.05, 0) is 18.6 Å². The molecule has 1 aliphatic rings. The van der Waals surface area contributed by atoms with E-state index in [0.717, 1.165) is 0 Å². The Morgan fingerprint density at radius 3 is 2.90 bits per heavy atom. The summed E-state index contributed by atoms with van der Waals surface area (Å²) in [7, 11) is 0. The van der Waals surface area contributed by atoms with Crippen LogP contribution in [0.1, 0.15) is 12.5 Å². The summed E-state index contributed by atoms with van der Waals surface area (Å²) in [5, 5.41) is 0.541. The van der Waals surface area contributed by atoms with Crippen molar-refractivity contribution in [1.29, 1.82) is 0 Å². The summed E-state index contributed by atoms with van der Waals surface area (Å²) in [4.78, 5) is 29.7. The van der Waals surface area contributed by atoms with Gasteiger partial charge in [-0.15, -0.1) is 0 Å². The van der Waals surface area contributed by atoms with Crippen molar-refractivity contribution in [2.24, 2.45) is 0 Å². The molecule has 1 aromatic carbocycles. The van der Waals surface area contributed by atoms with Crippen LogP contribution in [-0.4, -0.2) is 33.4 Å². The minimum atomic E-state index is -0.973. The highest BCUT2D eigenvalue weighted by atomic mass is 19.1. The lowest BCUT2D eigenvalue weighted by molar-refractivity contribution is -0.127. The predicted octanol–water partition coefficient (Wildman–Crippen LogP) is 1.65. The maximum Gasteiger partial charge on any atom is 0.282 e. The average Bonchev–Trinajstić information content (AvgIpc) is 2.96. The van der Waals surface area contributed by atoms with Crippen LogP contribution in [0.15, 0.2) is 47.8 Å². The van der Waals surface area contributed by atoms with Gasteiger partial charge >= 0.3 is 0 Å². The number of nitrogens with zero attached hydrogens (tertiary/aromatic N) is 3. The molecule has 1 fully saturated rings. The zero-order chi connectivity index (χ0) is 15.0. The van der Waals surface area contributed by atoms with Gasteiger partial charge in [0.05, 0.1) is 23.3 Å². The SMILES string of the molecule is C=C(F)C(=O)N1CCC(n2cnc3ccccc3c2=O)C1. The molecule has 0 bridgehead atoms. The Labute approximate surface area is 120 Å². The van der Waals surface area contributed by atoms with Crippen molar-refractivity contribution >= 4 is 16.8 Å². The van der Waals surface area contributed by atoms with Gasteiger partial charge in [-0.3, -0.25) is 14.2 Å². The molecule has 1 atom stereocenters. The Bertz CT molecular complexity index is 784. The van der Waals surface area contributed by atoms with Gasteiger partial charge in [0.2, 0.25) is 0 Å². The fourth-order valence-corrected chi connectivity index (χ4v) is 2.67. The minimum Gasteiger partial charge on any atom is -0.335 e. The van der Waals surface area contributed by atoms with Crippen LogP contribution < -0.4 is 5.56 Å². The third-order valence-electron chi connectivity index (χ3n) is 3.77. The molecule has 2 heterocycles. The number of para-hydroxylation sites is 1. The van der Waals surface area contributed by atoms with Gasteiger partial charge in [0.1, 0.15) is 0 Å². The van der Waals surface area contributed by atoms with Crippen LogP contribution in [0, 0.1) is 0 Å². The Hall–Kier alpha value is -2.50. The van der Waals surface area contributed by atoms with Gasteiger partial charge < -0.3 is 4.90 Å². The van der Waals surface area contributed by atoms with Gasteiger partial charge in [-0.25, -0.2) is 9.37 Å². The van der Waals surface area contributed by atoms with Crippen molar-refractivity contribution in [1.82, 2.24) is 14.5 Å². The standard InChI is InChI=1S/C15H14FN3O2/c1-10(16)14(20)18-7-6-11(8-18)19-9-17-13-5-3-2-4-12(13)15(19)21/h2-5,9,11H,1,6-8H2. The fraction of sp³-hybridized carbons (Fsp3) is 0.267. The van der Waals surface area contributed by atoms with E-state index in [-0.39, 0.29) is 11.6 Å². The summed E-state index contributed by atoms with van der Waals surface area (Å²) in [6.45, 7) is 3.72. The second kappa shape index (κ2) is 5.12. The summed E-state index contributed by atoms with van der Waals surface area (Å²) < 4.78 is 14.4. The number of carbonyl (C=O) groups excluding carboxylic acids is 1. The van der Waals surface area contributed by atoms with E-state index in [2.05, 4.69) is 11.6 Å². The topological polar surface area (TPSA) is 55.2 Å². The Balaban J connectivity index is 1.92. The second-order valence-corrected chi connectivity index (χ2v) is 5.07. The number of hydrogen-bond acceptors (Lipinski definition) is 3. The second-order valence-electron chi connectivity index (χ2n) is 5.07. The molecule has 1 saturated heterocycles. The molecule has 21 heavy (non-hydrogen) atoms. The molecule has 0 radical (unpaired) electrons. The number of likely N-dealkylation sites (tertiary alicyclic amines) is 1. The minimum absolute atomic E-state index is 0.140. The van der Waals surface area contributed by atoms with Crippen molar-refractivity contribution in [2.75, 3.05) is 13.1 Å². The summed E-state index contributed by atoms with van der Waals surface area (Å²) in [6.07, 6.45) is 2.09. The number of aromatic nitrogens is 2. The first-order valence-electron chi connectivity index (χ1n) is 6.67. The number of hydrogen-bond donors (Lipinski definition) is 0. The Morgan fingerprint density at radius 1 is 1.38 bits per heavy atom. The van der Waals surface area contributed by atoms with E-state index >= 15 is 0 Å². The molecule has 1 aliphatic heterocycles. The van der Waals surface area contributed by atoms with E-state index in [0.29, 0.717) is 30.4 Å². The van der Waals surface area contributed by atoms with Gasteiger partial charge in [0, 0.05) is 13.1 Å². The highest BCUT2D eigenvalue weighted by Gasteiger charge is 2.29. The summed E-state index contributed by atoms with van der Waals surface area (Å²) in [5.74, 6) is -1.68. The van der Waals surface area contributed by atoms with E-state index in [4.69, 9.17) is 0 Å². The molecule has 3 rings (SSSR count). The molecular weight excluding hydrogens is 273 g/mol. The molecule has 0 aliphatic carbocycles. The number of amides is 1. The van der Waals surface area contributed by atoms with Gasteiger partial charge in [0.25, 0.3) is 11.5 Å². The molecule has 5 nitrogen and oxygen atoms in total. The molecule has 1 amide bonds. The van der Waals surface area contributed by atoms with Crippen LogP contribution in [0.5, 0.6) is 0 Å². The van der Waals surface area contributed by atoms with E-state index in [1.165, 1.54) is 15.8 Å². The first-order chi connectivity index (χ1) is 10.1. The fourth-order valence-electron chi connectivity index (χ4n) is 2.67. The summed E-state index contributed by atoms with van der Waals surface area (Å²) >= 11 is 0. The molecule has 1 unspecified atom stereocenters. The van der Waals surface area contributed by atoms with Crippen molar-refractivity contribution < 1.29 is 9.18 Å². The van der Waals surface area contributed by atoms with Crippen LogP contribution in [0.25, 0.3) is 10.9 Å². The van der Waals surface area contributed by atoms with E-state index in [1.54, 1.807) is 18.2 Å². The first-order valence-corrected chi connectivity index (χ1v) is 6.67. The van der Waals surface area contributed by atoms with Crippen LogP contribution in [0.3, 0.4) is 0 Å². The largest absolute Gasteiger partial charge is 0.335 e. The van der Waals surface area contributed by atoms with Crippen molar-refractivity contribution in [3.63, 3.8) is 0 Å². The molecule has 0 spiro atoms. The molecule has 0 N–H and O–H groups in total. The van der Waals surface area contributed by atoms with E-state index < -0.39 is 11.7 Å². The first kappa shape index (κ1) is 13.5. The highest BCUT2D eigenvalue weighted by Crippen LogP contribution is 2.22. The van der Waals surface area contributed by atoms with Crippen LogP contribution in [-0.2, 0) is 4.79 Å². The van der Waals surface area contributed by atoms with Crippen molar-refractivity contribution in [2.45, 2.75) is 12.5 Å². The molecule has 108 valence electrons. The van der Waals surface area contributed by atoms with Crippen LogP contribution >= 0.6 is 0 Å². The molecule has 6 heteroatoms.